The van der Waals surface area contributed by atoms with Crippen LogP contribution in [0, 0.1) is 10.1 Å². The summed E-state index contributed by atoms with van der Waals surface area (Å²) in [6, 6.07) is 3.53. The second-order valence-corrected chi connectivity index (χ2v) is 2.95. The quantitative estimate of drug-likeness (QED) is 0.553. The van der Waals surface area contributed by atoms with Crippen molar-refractivity contribution in [2.45, 2.75) is 13.8 Å². The molecular weight excluding hydrogens is 196 g/mol. The van der Waals surface area contributed by atoms with Gasteiger partial charge in [0.2, 0.25) is 6.20 Å². The van der Waals surface area contributed by atoms with Gasteiger partial charge in [0.05, 0.1) is 11.0 Å². The first-order chi connectivity index (χ1) is 7.17. The van der Waals surface area contributed by atoms with Gasteiger partial charge in [0.1, 0.15) is 5.76 Å². The summed E-state index contributed by atoms with van der Waals surface area (Å²) in [6.45, 7) is 5.75. The number of furan rings is 1. The zero-order valence-electron chi connectivity index (χ0n) is 8.84. The van der Waals surface area contributed by atoms with Gasteiger partial charge >= 0.3 is 0 Å². The highest BCUT2D eigenvalue weighted by Crippen LogP contribution is 2.18. The largest absolute Gasteiger partial charge is 0.441 e. The normalized spacial score (nSPS) is 10.8. The van der Waals surface area contributed by atoms with Crippen molar-refractivity contribution in [3.8, 4) is 0 Å². The Labute approximate surface area is 88.1 Å². The van der Waals surface area contributed by atoms with E-state index >= 15 is 0 Å². The van der Waals surface area contributed by atoms with Gasteiger partial charge in [0, 0.05) is 19.2 Å². The van der Waals surface area contributed by atoms with E-state index in [4.69, 9.17) is 4.42 Å². The fourth-order valence-electron chi connectivity index (χ4n) is 1.27. The summed E-state index contributed by atoms with van der Waals surface area (Å²) < 4.78 is 5.41. The van der Waals surface area contributed by atoms with Gasteiger partial charge in [-0.05, 0) is 19.9 Å². The molecule has 1 rings (SSSR count). The average molecular weight is 210 g/mol. The third-order valence-electron chi connectivity index (χ3n) is 2.05. The van der Waals surface area contributed by atoms with E-state index in [1.807, 2.05) is 24.8 Å². The van der Waals surface area contributed by atoms with Crippen molar-refractivity contribution in [2.75, 3.05) is 18.0 Å². The fourth-order valence-corrected chi connectivity index (χ4v) is 1.27. The van der Waals surface area contributed by atoms with Crippen molar-refractivity contribution >= 4 is 12.0 Å². The Hall–Kier alpha value is -1.78. The summed E-state index contributed by atoms with van der Waals surface area (Å²) >= 11 is 0. The van der Waals surface area contributed by atoms with Crippen molar-refractivity contribution in [2.24, 2.45) is 0 Å². The molecular formula is C10H14N2O3. The SMILES string of the molecule is CCN(CC)c1ccc(/C=C/[N+](=O)[O-])o1. The van der Waals surface area contributed by atoms with Gasteiger partial charge in [0.15, 0.2) is 5.88 Å². The van der Waals surface area contributed by atoms with Crippen LogP contribution in [-0.2, 0) is 0 Å². The van der Waals surface area contributed by atoms with Crippen molar-refractivity contribution in [1.82, 2.24) is 0 Å². The molecule has 0 saturated heterocycles. The number of anilines is 1. The minimum absolute atomic E-state index is 0.494. The molecule has 0 aliphatic rings. The molecule has 0 aliphatic carbocycles. The minimum atomic E-state index is -0.514. The van der Waals surface area contributed by atoms with Crippen LogP contribution in [0.15, 0.2) is 22.7 Å². The number of hydrogen-bond acceptors (Lipinski definition) is 4. The Morgan fingerprint density at radius 1 is 1.47 bits per heavy atom. The zero-order chi connectivity index (χ0) is 11.3. The topological polar surface area (TPSA) is 59.5 Å². The molecule has 1 heterocycles. The second kappa shape index (κ2) is 5.19. The maximum Gasteiger partial charge on any atom is 0.238 e. The summed E-state index contributed by atoms with van der Waals surface area (Å²) in [5, 5.41) is 10.1. The van der Waals surface area contributed by atoms with Crippen LogP contribution in [0.4, 0.5) is 5.88 Å². The average Bonchev–Trinajstić information content (AvgIpc) is 2.65. The number of nitro groups is 1. The molecule has 0 radical (unpaired) electrons. The van der Waals surface area contributed by atoms with E-state index in [2.05, 4.69) is 0 Å². The van der Waals surface area contributed by atoms with Gasteiger partial charge in [-0.1, -0.05) is 0 Å². The summed E-state index contributed by atoms with van der Waals surface area (Å²) in [6.07, 6.45) is 2.21. The lowest BCUT2D eigenvalue weighted by molar-refractivity contribution is -0.401. The third kappa shape index (κ3) is 3.12. The molecule has 0 spiro atoms. The van der Waals surface area contributed by atoms with E-state index in [0.717, 1.165) is 25.2 Å². The van der Waals surface area contributed by atoms with Gasteiger partial charge in [0.25, 0.3) is 0 Å². The molecule has 0 unspecified atom stereocenters. The van der Waals surface area contributed by atoms with Crippen LogP contribution in [0.3, 0.4) is 0 Å². The molecule has 0 N–H and O–H groups in total. The highest BCUT2D eigenvalue weighted by molar-refractivity contribution is 5.47. The molecule has 0 aliphatic heterocycles. The minimum Gasteiger partial charge on any atom is -0.441 e. The second-order valence-electron chi connectivity index (χ2n) is 2.95. The molecule has 0 amide bonds. The van der Waals surface area contributed by atoms with E-state index in [1.165, 1.54) is 6.08 Å². The smallest absolute Gasteiger partial charge is 0.238 e. The molecule has 1 aromatic rings. The first-order valence-corrected chi connectivity index (χ1v) is 4.83. The molecule has 1 aromatic heterocycles. The van der Waals surface area contributed by atoms with Gasteiger partial charge in [-0.15, -0.1) is 0 Å². The van der Waals surface area contributed by atoms with Crippen molar-refractivity contribution in [3.63, 3.8) is 0 Å². The predicted octanol–water partition coefficient (Wildman–Crippen LogP) is 2.37. The summed E-state index contributed by atoms with van der Waals surface area (Å²) in [7, 11) is 0. The number of hydrogen-bond donors (Lipinski definition) is 0. The molecule has 5 nitrogen and oxygen atoms in total. The molecule has 15 heavy (non-hydrogen) atoms. The summed E-state index contributed by atoms with van der Waals surface area (Å²) in [5.74, 6) is 1.23. The zero-order valence-corrected chi connectivity index (χ0v) is 8.84. The molecule has 82 valence electrons. The Morgan fingerprint density at radius 3 is 2.67 bits per heavy atom. The maximum absolute atomic E-state index is 10.1. The van der Waals surface area contributed by atoms with E-state index in [9.17, 15) is 10.1 Å². The third-order valence-corrected chi connectivity index (χ3v) is 2.05. The highest BCUT2D eigenvalue weighted by Gasteiger charge is 2.06. The lowest BCUT2D eigenvalue weighted by Crippen LogP contribution is -2.20. The number of rotatable bonds is 5. The Bertz CT molecular complexity index is 353. The summed E-state index contributed by atoms with van der Waals surface area (Å²) in [4.78, 5) is 11.6. The lowest BCUT2D eigenvalue weighted by Gasteiger charge is -2.16. The molecule has 0 fully saturated rings. The van der Waals surface area contributed by atoms with Gasteiger partial charge < -0.3 is 9.32 Å². The van der Waals surface area contributed by atoms with Crippen molar-refractivity contribution in [1.29, 1.82) is 0 Å². The maximum atomic E-state index is 10.1. The number of nitrogens with zero attached hydrogens (tertiary/aromatic N) is 2. The molecule has 0 atom stereocenters. The fraction of sp³-hybridized carbons (Fsp3) is 0.400. The van der Waals surface area contributed by atoms with Crippen molar-refractivity contribution < 1.29 is 9.34 Å². The van der Waals surface area contributed by atoms with Crippen LogP contribution in [0.1, 0.15) is 19.6 Å². The monoisotopic (exact) mass is 210 g/mol. The van der Waals surface area contributed by atoms with Crippen LogP contribution >= 0.6 is 0 Å². The molecule has 0 bridgehead atoms. The predicted molar refractivity (Wildman–Crippen MR) is 58.3 cm³/mol. The Morgan fingerprint density at radius 2 is 2.13 bits per heavy atom. The molecule has 0 aromatic carbocycles. The Kier molecular flexibility index (Phi) is 3.91. The van der Waals surface area contributed by atoms with E-state index in [-0.39, 0.29) is 0 Å². The van der Waals surface area contributed by atoms with E-state index in [0.29, 0.717) is 5.76 Å². The first kappa shape index (κ1) is 11.3. The van der Waals surface area contributed by atoms with Crippen molar-refractivity contribution in [3.05, 3.63) is 34.2 Å². The van der Waals surface area contributed by atoms with Crippen LogP contribution in [0.5, 0.6) is 0 Å². The molecule has 5 heteroatoms. The lowest BCUT2D eigenvalue weighted by atomic mass is 10.4. The van der Waals surface area contributed by atoms with Crippen LogP contribution in [0.25, 0.3) is 6.08 Å². The van der Waals surface area contributed by atoms with Crippen LogP contribution in [0.2, 0.25) is 0 Å². The first-order valence-electron chi connectivity index (χ1n) is 4.83. The molecule has 0 saturated carbocycles. The van der Waals surface area contributed by atoms with Crippen LogP contribution < -0.4 is 4.90 Å². The Balaban J connectivity index is 2.75. The van der Waals surface area contributed by atoms with Gasteiger partial charge in [-0.2, -0.15) is 0 Å². The van der Waals surface area contributed by atoms with E-state index < -0.39 is 4.92 Å². The van der Waals surface area contributed by atoms with E-state index in [1.54, 1.807) is 6.07 Å². The highest BCUT2D eigenvalue weighted by atomic mass is 16.6. The van der Waals surface area contributed by atoms with Crippen LogP contribution in [-0.4, -0.2) is 18.0 Å². The summed E-state index contributed by atoms with van der Waals surface area (Å²) in [5.41, 5.74) is 0. The van der Waals surface area contributed by atoms with Gasteiger partial charge in [-0.25, -0.2) is 0 Å². The van der Waals surface area contributed by atoms with Gasteiger partial charge in [-0.3, -0.25) is 10.1 Å². The standard InChI is InChI=1S/C10H14N2O3/c1-3-11(4-2)10-6-5-9(15-10)7-8-12(13)14/h5-8H,3-4H2,1-2H3/b8-7+.